The fourth-order valence-electron chi connectivity index (χ4n) is 3.49. The summed E-state index contributed by atoms with van der Waals surface area (Å²) in [7, 11) is 3.38. The Morgan fingerprint density at radius 3 is 2.92 bits per heavy atom. The third kappa shape index (κ3) is 3.11. The highest BCUT2D eigenvalue weighted by molar-refractivity contribution is 5.95. The Morgan fingerprint density at radius 1 is 1.29 bits per heavy atom. The number of rotatable bonds is 2. The van der Waals surface area contributed by atoms with E-state index in [1.165, 1.54) is 0 Å². The molecule has 6 heteroatoms. The van der Waals surface area contributed by atoms with Crippen LogP contribution in [0.15, 0.2) is 24.3 Å². The molecule has 2 saturated heterocycles. The first-order chi connectivity index (χ1) is 11.6. The van der Waals surface area contributed by atoms with E-state index in [1.807, 2.05) is 7.05 Å². The molecule has 6 nitrogen and oxygen atoms in total. The molecule has 2 aliphatic rings. The molecule has 2 heterocycles. The molecular formula is C18H24N2O4. The molecule has 0 aliphatic carbocycles. The van der Waals surface area contributed by atoms with E-state index in [4.69, 9.17) is 9.47 Å². The Hall–Kier alpha value is -2.08. The molecule has 130 valence electrons. The number of hydrogen-bond donors (Lipinski definition) is 0. The van der Waals surface area contributed by atoms with Crippen LogP contribution >= 0.6 is 0 Å². The van der Waals surface area contributed by atoms with Crippen LogP contribution in [0, 0.1) is 0 Å². The molecule has 3 rings (SSSR count). The van der Waals surface area contributed by atoms with Gasteiger partial charge in [0.15, 0.2) is 5.60 Å². The molecule has 0 N–H and O–H groups in total. The van der Waals surface area contributed by atoms with Gasteiger partial charge in [-0.15, -0.1) is 0 Å². The van der Waals surface area contributed by atoms with Crippen molar-refractivity contribution in [1.82, 2.24) is 9.80 Å². The summed E-state index contributed by atoms with van der Waals surface area (Å²) < 4.78 is 11.1. The van der Waals surface area contributed by atoms with Crippen LogP contribution in [0.1, 0.15) is 29.6 Å². The number of ether oxygens (including phenoxy) is 2. The van der Waals surface area contributed by atoms with Gasteiger partial charge < -0.3 is 19.3 Å². The molecule has 0 bridgehead atoms. The lowest BCUT2D eigenvalue weighted by Gasteiger charge is -2.42. The maximum atomic E-state index is 12.9. The Kier molecular flexibility index (Phi) is 4.76. The quantitative estimate of drug-likeness (QED) is 0.824. The minimum atomic E-state index is -0.891. The number of likely N-dealkylation sites (tertiary alicyclic amines) is 1. The van der Waals surface area contributed by atoms with E-state index in [1.54, 1.807) is 41.2 Å². The van der Waals surface area contributed by atoms with Crippen LogP contribution in [-0.2, 0) is 9.53 Å². The average Bonchev–Trinajstić information content (AvgIpc) is 2.75. The van der Waals surface area contributed by atoms with Gasteiger partial charge in [-0.3, -0.25) is 9.59 Å². The van der Waals surface area contributed by atoms with Gasteiger partial charge in [0.25, 0.3) is 11.8 Å². The van der Waals surface area contributed by atoms with Crippen molar-refractivity contribution in [2.45, 2.75) is 24.9 Å². The third-order valence-corrected chi connectivity index (χ3v) is 4.85. The van der Waals surface area contributed by atoms with Gasteiger partial charge in [0.2, 0.25) is 0 Å². The van der Waals surface area contributed by atoms with Crippen LogP contribution in [0.25, 0.3) is 0 Å². The predicted molar refractivity (Wildman–Crippen MR) is 89.1 cm³/mol. The van der Waals surface area contributed by atoms with E-state index in [9.17, 15) is 9.59 Å². The molecule has 1 unspecified atom stereocenters. The zero-order valence-electron chi connectivity index (χ0n) is 14.3. The van der Waals surface area contributed by atoms with Crippen LogP contribution in [0.2, 0.25) is 0 Å². The van der Waals surface area contributed by atoms with Crippen LogP contribution in [0.4, 0.5) is 0 Å². The smallest absolute Gasteiger partial charge is 0.256 e. The van der Waals surface area contributed by atoms with Crippen LogP contribution in [0.3, 0.4) is 0 Å². The molecule has 2 amide bonds. The molecule has 2 aliphatic heterocycles. The van der Waals surface area contributed by atoms with Gasteiger partial charge in [-0.1, -0.05) is 6.07 Å². The van der Waals surface area contributed by atoms with Crippen molar-refractivity contribution in [2.75, 3.05) is 40.4 Å². The lowest BCUT2D eigenvalue weighted by atomic mass is 9.94. The lowest BCUT2D eigenvalue weighted by molar-refractivity contribution is -0.166. The van der Waals surface area contributed by atoms with Crippen molar-refractivity contribution in [1.29, 1.82) is 0 Å². The van der Waals surface area contributed by atoms with E-state index in [0.29, 0.717) is 37.4 Å². The molecule has 0 radical (unpaired) electrons. The van der Waals surface area contributed by atoms with Crippen molar-refractivity contribution in [3.05, 3.63) is 29.8 Å². The molecule has 1 atom stereocenters. The number of carbonyl (C=O) groups excluding carboxylic acids is 2. The first kappa shape index (κ1) is 16.8. The second-order valence-corrected chi connectivity index (χ2v) is 6.49. The van der Waals surface area contributed by atoms with Crippen molar-refractivity contribution in [3.63, 3.8) is 0 Å². The fraction of sp³-hybridized carbons (Fsp3) is 0.556. The Balaban J connectivity index is 1.81. The average molecular weight is 332 g/mol. The summed E-state index contributed by atoms with van der Waals surface area (Å²) in [4.78, 5) is 29.1. The fourth-order valence-corrected chi connectivity index (χ4v) is 3.49. The Labute approximate surface area is 142 Å². The minimum Gasteiger partial charge on any atom is -0.497 e. The van der Waals surface area contributed by atoms with E-state index < -0.39 is 5.60 Å². The summed E-state index contributed by atoms with van der Waals surface area (Å²) in [6.07, 6.45) is 2.56. The second-order valence-electron chi connectivity index (χ2n) is 6.49. The number of likely N-dealkylation sites (N-methyl/N-ethyl adjacent to an activating group) is 1. The summed E-state index contributed by atoms with van der Waals surface area (Å²) in [5.41, 5.74) is -0.321. The second kappa shape index (κ2) is 6.81. The predicted octanol–water partition coefficient (Wildman–Crippen LogP) is 1.55. The summed E-state index contributed by atoms with van der Waals surface area (Å²) in [5.74, 6) is 0.550. The number of methoxy groups -OCH3 is 1. The van der Waals surface area contributed by atoms with E-state index in [-0.39, 0.29) is 11.8 Å². The Morgan fingerprint density at radius 2 is 2.12 bits per heavy atom. The summed E-state index contributed by atoms with van der Waals surface area (Å²) in [5, 5.41) is 0. The number of benzene rings is 1. The third-order valence-electron chi connectivity index (χ3n) is 4.85. The zero-order chi connectivity index (χ0) is 17.2. The first-order valence-corrected chi connectivity index (χ1v) is 8.39. The molecule has 0 saturated carbocycles. The monoisotopic (exact) mass is 332 g/mol. The number of amides is 2. The molecule has 2 fully saturated rings. The minimum absolute atomic E-state index is 0.0110. The number of carbonyl (C=O) groups is 2. The zero-order valence-corrected chi connectivity index (χ0v) is 14.3. The van der Waals surface area contributed by atoms with Gasteiger partial charge in [0, 0.05) is 25.7 Å². The van der Waals surface area contributed by atoms with Gasteiger partial charge >= 0.3 is 0 Å². The Bertz CT molecular complexity index is 633. The normalized spacial score (nSPS) is 24.8. The number of hydrogen-bond acceptors (Lipinski definition) is 4. The molecule has 24 heavy (non-hydrogen) atoms. The SMILES string of the molecule is COc1cccc(C(=O)N2CCOC3(CCCCN(C)C3=O)C2)c1. The molecular weight excluding hydrogens is 308 g/mol. The van der Waals surface area contributed by atoms with Crippen LogP contribution in [0.5, 0.6) is 5.75 Å². The van der Waals surface area contributed by atoms with E-state index in [0.717, 1.165) is 19.4 Å². The van der Waals surface area contributed by atoms with Crippen molar-refractivity contribution in [2.24, 2.45) is 0 Å². The molecule has 0 aromatic heterocycles. The molecule has 1 aromatic rings. The van der Waals surface area contributed by atoms with Crippen molar-refractivity contribution < 1.29 is 19.1 Å². The van der Waals surface area contributed by atoms with Crippen LogP contribution in [-0.4, -0.2) is 67.6 Å². The van der Waals surface area contributed by atoms with Gasteiger partial charge in [-0.2, -0.15) is 0 Å². The van der Waals surface area contributed by atoms with Gasteiger partial charge in [0.05, 0.1) is 20.3 Å². The van der Waals surface area contributed by atoms with Crippen molar-refractivity contribution >= 4 is 11.8 Å². The number of nitrogens with zero attached hydrogens (tertiary/aromatic N) is 2. The van der Waals surface area contributed by atoms with Crippen LogP contribution < -0.4 is 4.74 Å². The highest BCUT2D eigenvalue weighted by Gasteiger charge is 2.47. The standard InChI is InChI=1S/C18H24N2O4/c1-19-9-4-3-8-18(17(19)22)13-20(10-11-24-18)16(21)14-6-5-7-15(12-14)23-2/h5-7,12H,3-4,8-11,13H2,1-2H3. The highest BCUT2D eigenvalue weighted by atomic mass is 16.5. The topological polar surface area (TPSA) is 59.1 Å². The van der Waals surface area contributed by atoms with E-state index >= 15 is 0 Å². The van der Waals surface area contributed by atoms with Crippen molar-refractivity contribution in [3.8, 4) is 5.75 Å². The summed E-state index contributed by atoms with van der Waals surface area (Å²) in [6.45, 7) is 1.93. The highest BCUT2D eigenvalue weighted by Crippen LogP contribution is 2.30. The summed E-state index contributed by atoms with van der Waals surface area (Å²) >= 11 is 0. The van der Waals surface area contributed by atoms with E-state index in [2.05, 4.69) is 0 Å². The molecule has 1 aromatic carbocycles. The molecule has 1 spiro atoms. The lowest BCUT2D eigenvalue weighted by Crippen LogP contribution is -2.60. The van der Waals surface area contributed by atoms with Gasteiger partial charge in [-0.25, -0.2) is 0 Å². The largest absolute Gasteiger partial charge is 0.497 e. The van der Waals surface area contributed by atoms with Gasteiger partial charge in [-0.05, 0) is 37.5 Å². The summed E-state index contributed by atoms with van der Waals surface area (Å²) in [6, 6.07) is 7.10. The number of morpholine rings is 1. The maximum Gasteiger partial charge on any atom is 0.256 e. The first-order valence-electron chi connectivity index (χ1n) is 8.39. The maximum absolute atomic E-state index is 12.9. The van der Waals surface area contributed by atoms with Gasteiger partial charge in [0.1, 0.15) is 5.75 Å².